The minimum atomic E-state index is -0.272. The van der Waals surface area contributed by atoms with Crippen molar-refractivity contribution in [3.05, 3.63) is 103 Å². The molecule has 2 N–H and O–H groups in total. The van der Waals surface area contributed by atoms with Gasteiger partial charge in [-0.3, -0.25) is 19.8 Å². The molecule has 0 saturated heterocycles. The zero-order valence-electron chi connectivity index (χ0n) is 16.0. The van der Waals surface area contributed by atoms with Crippen molar-refractivity contribution in [2.75, 3.05) is 7.11 Å². The van der Waals surface area contributed by atoms with Gasteiger partial charge in [0.2, 0.25) is 0 Å². The molecule has 29 heavy (non-hydrogen) atoms. The largest absolute Gasteiger partial charge is 0.502 e. The van der Waals surface area contributed by atoms with E-state index < -0.39 is 0 Å². The highest BCUT2D eigenvalue weighted by molar-refractivity contribution is 5.52. The van der Waals surface area contributed by atoms with E-state index in [4.69, 9.17) is 4.74 Å². The Balaban J connectivity index is 1.96. The summed E-state index contributed by atoms with van der Waals surface area (Å²) in [6, 6.07) is 18.5. The van der Waals surface area contributed by atoms with Crippen molar-refractivity contribution in [3.8, 4) is 11.4 Å². The number of benzene rings is 2. The molecule has 0 amide bonds. The van der Waals surface area contributed by atoms with Crippen LogP contribution in [0.1, 0.15) is 11.3 Å². The Morgan fingerprint density at radius 2 is 1.38 bits per heavy atom. The Hall–Kier alpha value is -4.00. The molecule has 0 spiro atoms. The summed E-state index contributed by atoms with van der Waals surface area (Å²) >= 11 is 0. The number of nitrogens with zero attached hydrogens (tertiary/aromatic N) is 2. The summed E-state index contributed by atoms with van der Waals surface area (Å²) in [6.45, 7) is 1.80. The van der Waals surface area contributed by atoms with Gasteiger partial charge < -0.3 is 4.74 Å². The number of rotatable bonds is 4. The topological polar surface area (TPSA) is 84.8 Å². The van der Waals surface area contributed by atoms with E-state index in [1.54, 1.807) is 13.0 Å². The van der Waals surface area contributed by atoms with Crippen molar-refractivity contribution in [2.24, 2.45) is 0 Å². The van der Waals surface area contributed by atoms with E-state index >= 15 is 0 Å². The predicted octanol–water partition coefficient (Wildman–Crippen LogP) is 1.17. The van der Waals surface area contributed by atoms with Crippen LogP contribution in [0.25, 0.3) is 23.7 Å². The van der Waals surface area contributed by atoms with E-state index in [2.05, 4.69) is 10.2 Å². The molecule has 7 heteroatoms. The Labute approximate surface area is 165 Å². The summed E-state index contributed by atoms with van der Waals surface area (Å²) in [5, 5.41) is 6.93. The van der Waals surface area contributed by atoms with Crippen LogP contribution in [0, 0.1) is 6.92 Å². The molecule has 2 aromatic carbocycles. The molecule has 4 aromatic rings. The smallest absolute Gasteiger partial charge is 0.279 e. The van der Waals surface area contributed by atoms with E-state index in [1.807, 2.05) is 60.7 Å². The Morgan fingerprint density at radius 1 is 0.828 bits per heavy atom. The van der Waals surface area contributed by atoms with Crippen LogP contribution < -0.4 is 21.7 Å². The summed E-state index contributed by atoms with van der Waals surface area (Å²) in [7, 11) is 1.51. The van der Waals surface area contributed by atoms with Crippen LogP contribution >= 0.6 is 0 Å². The number of methoxy groups -OCH3 is 1. The number of hydrogen-bond donors (Lipinski definition) is 2. The van der Waals surface area contributed by atoms with Gasteiger partial charge in [-0.25, -0.2) is 9.36 Å². The monoisotopic (exact) mass is 388 g/mol. The van der Waals surface area contributed by atoms with Gasteiger partial charge in [0.1, 0.15) is 11.6 Å². The van der Waals surface area contributed by atoms with Crippen LogP contribution in [0.15, 0.2) is 70.3 Å². The molecule has 0 aliphatic carbocycles. The zero-order chi connectivity index (χ0) is 20.4. The van der Waals surface area contributed by atoms with Crippen LogP contribution in [-0.4, -0.2) is 26.7 Å². The quantitative estimate of drug-likeness (QED) is 0.550. The second-order valence-corrected chi connectivity index (χ2v) is 6.54. The van der Waals surface area contributed by atoms with Gasteiger partial charge in [0, 0.05) is 5.69 Å². The molecule has 146 valence electrons. The lowest BCUT2D eigenvalue weighted by atomic mass is 10.2. The highest BCUT2D eigenvalue weighted by atomic mass is 16.5. The molecule has 0 atom stereocenters. The van der Waals surface area contributed by atoms with E-state index in [0.717, 1.165) is 5.69 Å². The third-order valence-corrected chi connectivity index (χ3v) is 4.63. The van der Waals surface area contributed by atoms with Crippen molar-refractivity contribution in [2.45, 2.75) is 6.92 Å². The fourth-order valence-electron chi connectivity index (χ4n) is 3.21. The first-order chi connectivity index (χ1) is 14.1. The lowest BCUT2D eigenvalue weighted by molar-refractivity contribution is 0.389. The summed E-state index contributed by atoms with van der Waals surface area (Å²) < 4.78 is 8.01. The molecule has 4 rings (SSSR count). The van der Waals surface area contributed by atoms with Gasteiger partial charge in [0.25, 0.3) is 11.1 Å². The molecule has 0 aliphatic heterocycles. The lowest BCUT2D eigenvalue weighted by Crippen LogP contribution is -2.35. The molecule has 2 heterocycles. The van der Waals surface area contributed by atoms with Gasteiger partial charge in [-0.1, -0.05) is 36.4 Å². The molecule has 0 fully saturated rings. The number of H-pyrrole nitrogens is 2. The van der Waals surface area contributed by atoms with E-state index in [9.17, 15) is 9.59 Å². The van der Waals surface area contributed by atoms with Crippen molar-refractivity contribution in [3.63, 3.8) is 0 Å². The van der Waals surface area contributed by atoms with E-state index in [0.29, 0.717) is 27.5 Å². The van der Waals surface area contributed by atoms with Crippen LogP contribution in [0.2, 0.25) is 0 Å². The summed E-state index contributed by atoms with van der Waals surface area (Å²) in [4.78, 5) is 26.1. The molecule has 0 unspecified atom stereocenters. The fourth-order valence-corrected chi connectivity index (χ4v) is 3.21. The molecule has 0 saturated carbocycles. The van der Waals surface area contributed by atoms with Crippen LogP contribution in [0.4, 0.5) is 0 Å². The molecular formula is C22H20N4O3. The minimum absolute atomic E-state index is 0.232. The Bertz CT molecular complexity index is 1370. The van der Waals surface area contributed by atoms with Crippen molar-refractivity contribution in [1.29, 1.82) is 0 Å². The van der Waals surface area contributed by atoms with E-state index in [-0.39, 0.29) is 11.1 Å². The van der Waals surface area contributed by atoms with Gasteiger partial charge in [-0.15, -0.1) is 0 Å². The van der Waals surface area contributed by atoms with Crippen molar-refractivity contribution < 1.29 is 4.74 Å². The first kappa shape index (κ1) is 18.4. The minimum Gasteiger partial charge on any atom is -0.502 e. The molecular weight excluding hydrogens is 368 g/mol. The maximum absolute atomic E-state index is 13.1. The Kier molecular flexibility index (Phi) is 4.78. The number of aromatic nitrogens is 4. The van der Waals surface area contributed by atoms with Gasteiger partial charge in [-0.2, -0.15) is 0 Å². The molecule has 0 aliphatic rings. The average Bonchev–Trinajstić information content (AvgIpc) is 3.21. The normalized spacial score (nSPS) is 12.5. The second kappa shape index (κ2) is 7.55. The number of nitrogens with one attached hydrogen (secondary N) is 2. The van der Waals surface area contributed by atoms with Crippen LogP contribution in [0.3, 0.4) is 0 Å². The van der Waals surface area contributed by atoms with Crippen LogP contribution in [0.5, 0.6) is 0 Å². The molecule has 0 bridgehead atoms. The maximum Gasteiger partial charge on any atom is 0.279 e. The molecule has 7 nitrogen and oxygen atoms in total. The summed E-state index contributed by atoms with van der Waals surface area (Å²) in [5.74, 6) is 0. The van der Waals surface area contributed by atoms with E-state index in [1.165, 1.54) is 22.7 Å². The standard InChI is InChI=1S/C22H20N4O3/c1-15-18(21(27)25(23-15)16-9-5-3-6-10-16)13-19-20(14-29-2)24-26(22(19)28)17-11-7-4-8-12-17/h3-14,23-24H,1-2H3. The Morgan fingerprint density at radius 3 is 1.93 bits per heavy atom. The number of aromatic amines is 2. The number of ether oxygens (including phenoxy) is 1. The first-order valence-corrected chi connectivity index (χ1v) is 9.08. The summed E-state index contributed by atoms with van der Waals surface area (Å²) in [5.41, 5.74) is 1.98. The first-order valence-electron chi connectivity index (χ1n) is 9.08. The van der Waals surface area contributed by atoms with Gasteiger partial charge >= 0.3 is 0 Å². The predicted molar refractivity (Wildman–Crippen MR) is 112 cm³/mol. The van der Waals surface area contributed by atoms with Gasteiger partial charge in [0.05, 0.1) is 29.3 Å². The molecule has 2 aromatic heterocycles. The third kappa shape index (κ3) is 3.34. The zero-order valence-corrected chi connectivity index (χ0v) is 16.0. The number of aryl methyl sites for hydroxylation is 1. The summed E-state index contributed by atoms with van der Waals surface area (Å²) in [6.07, 6.45) is 3.04. The maximum atomic E-state index is 13.1. The highest BCUT2D eigenvalue weighted by Gasteiger charge is 2.12. The average molecular weight is 388 g/mol. The highest BCUT2D eigenvalue weighted by Crippen LogP contribution is 2.07. The number of para-hydroxylation sites is 2. The van der Waals surface area contributed by atoms with Crippen LogP contribution in [-0.2, 0) is 4.74 Å². The SMILES string of the molecule is COC=c1[nH]n(-c2ccccc2)c(=O)c1=Cc1c(C)[nH]n(-c2ccccc2)c1=O. The van der Waals surface area contributed by atoms with Crippen molar-refractivity contribution >= 4 is 12.3 Å². The second-order valence-electron chi connectivity index (χ2n) is 6.54. The van der Waals surface area contributed by atoms with Gasteiger partial charge in [-0.05, 0) is 37.3 Å². The molecule has 0 radical (unpaired) electrons. The van der Waals surface area contributed by atoms with Gasteiger partial charge in [0.15, 0.2) is 0 Å². The lowest BCUT2D eigenvalue weighted by Gasteiger charge is -1.99. The third-order valence-electron chi connectivity index (χ3n) is 4.63. The fraction of sp³-hybridized carbons (Fsp3) is 0.0909. The number of hydrogen-bond acceptors (Lipinski definition) is 3. The van der Waals surface area contributed by atoms with Crippen molar-refractivity contribution in [1.82, 2.24) is 19.6 Å².